The molecule has 1 rings (SSSR count). The minimum absolute atomic E-state index is 0.0686. The topological polar surface area (TPSA) is 72.6 Å². The molecule has 2 N–H and O–H groups in total. The molecule has 0 aliphatic heterocycles. The highest BCUT2D eigenvalue weighted by atomic mass is 32.2. The average Bonchev–Trinajstić information content (AvgIpc) is 2.47. The molecule has 0 unspecified atom stereocenters. The van der Waals surface area contributed by atoms with E-state index in [-0.39, 0.29) is 4.90 Å². The third-order valence-corrected chi connectivity index (χ3v) is 3.85. The van der Waals surface area contributed by atoms with Crippen LogP contribution in [0.15, 0.2) is 29.2 Å². The molecule has 118 valence electrons. The van der Waals surface area contributed by atoms with Gasteiger partial charge in [-0.05, 0) is 37.1 Å². The number of terminal acetylenes is 2. The molecule has 0 bridgehead atoms. The van der Waals surface area contributed by atoms with Crippen LogP contribution in [0.25, 0.3) is 0 Å². The molecule has 0 saturated heterocycles. The highest BCUT2D eigenvalue weighted by Crippen LogP contribution is 2.15. The SMILES string of the molecule is C#CCN(CC#C)CCCCOc1ccc(S(N)(=O)=O)cc1. The standard InChI is InChI=1S/C16H20N2O3S/c1-3-11-18(12-4-2)13-5-6-14-21-15-7-9-16(10-8-15)22(17,19)20/h1-2,7-10H,5-6,11-14H2,(H2,17,19,20). The minimum atomic E-state index is -3.66. The van der Waals surface area contributed by atoms with Gasteiger partial charge in [-0.1, -0.05) is 11.8 Å². The average molecular weight is 320 g/mol. The predicted octanol–water partition coefficient (Wildman–Crippen LogP) is 1.06. The summed E-state index contributed by atoms with van der Waals surface area (Å²) in [6.45, 7) is 2.44. The summed E-state index contributed by atoms with van der Waals surface area (Å²) in [6.07, 6.45) is 12.3. The highest BCUT2D eigenvalue weighted by Gasteiger charge is 2.07. The fraction of sp³-hybridized carbons (Fsp3) is 0.375. The third kappa shape index (κ3) is 6.64. The van der Waals surface area contributed by atoms with E-state index in [4.69, 9.17) is 22.7 Å². The Balaban J connectivity index is 2.30. The Bertz CT molecular complexity index is 623. The first-order valence-corrected chi connectivity index (χ1v) is 8.37. The first-order chi connectivity index (χ1) is 10.5. The molecular formula is C16H20N2O3S. The summed E-state index contributed by atoms with van der Waals surface area (Å²) in [4.78, 5) is 2.08. The molecule has 6 heteroatoms. The van der Waals surface area contributed by atoms with Gasteiger partial charge in [-0.25, -0.2) is 13.6 Å². The van der Waals surface area contributed by atoms with Crippen LogP contribution in [0, 0.1) is 24.7 Å². The van der Waals surface area contributed by atoms with Gasteiger partial charge in [0, 0.05) is 6.54 Å². The van der Waals surface area contributed by atoms with Gasteiger partial charge in [0.15, 0.2) is 0 Å². The number of hydrogen-bond donors (Lipinski definition) is 1. The largest absolute Gasteiger partial charge is 0.494 e. The van der Waals surface area contributed by atoms with Crippen molar-refractivity contribution in [1.82, 2.24) is 4.90 Å². The van der Waals surface area contributed by atoms with Crippen LogP contribution in [0.4, 0.5) is 0 Å². The summed E-state index contributed by atoms with van der Waals surface area (Å²) in [6, 6.07) is 6.02. The number of primary sulfonamides is 1. The van der Waals surface area contributed by atoms with Crippen molar-refractivity contribution in [2.75, 3.05) is 26.2 Å². The van der Waals surface area contributed by atoms with E-state index >= 15 is 0 Å². The van der Waals surface area contributed by atoms with Crippen molar-refractivity contribution in [1.29, 1.82) is 0 Å². The molecule has 0 amide bonds. The maximum atomic E-state index is 11.1. The van der Waals surface area contributed by atoms with Crippen molar-refractivity contribution in [2.24, 2.45) is 5.14 Å². The summed E-state index contributed by atoms with van der Waals surface area (Å²) in [5, 5.41) is 5.02. The van der Waals surface area contributed by atoms with Gasteiger partial charge < -0.3 is 4.74 Å². The monoisotopic (exact) mass is 320 g/mol. The van der Waals surface area contributed by atoms with Gasteiger partial charge in [-0.15, -0.1) is 12.8 Å². The fourth-order valence-electron chi connectivity index (χ4n) is 1.83. The summed E-state index contributed by atoms with van der Waals surface area (Å²) >= 11 is 0. The molecule has 1 aromatic rings. The van der Waals surface area contributed by atoms with Gasteiger partial charge >= 0.3 is 0 Å². The summed E-state index contributed by atoms with van der Waals surface area (Å²) in [5.41, 5.74) is 0. The zero-order valence-corrected chi connectivity index (χ0v) is 13.2. The van der Waals surface area contributed by atoms with E-state index in [0.717, 1.165) is 19.4 Å². The minimum Gasteiger partial charge on any atom is -0.494 e. The van der Waals surface area contributed by atoms with Crippen molar-refractivity contribution in [3.05, 3.63) is 24.3 Å². The number of unbranched alkanes of at least 4 members (excludes halogenated alkanes) is 1. The van der Waals surface area contributed by atoms with E-state index in [2.05, 4.69) is 11.8 Å². The highest BCUT2D eigenvalue weighted by molar-refractivity contribution is 7.89. The van der Waals surface area contributed by atoms with Gasteiger partial charge in [0.05, 0.1) is 24.6 Å². The van der Waals surface area contributed by atoms with E-state index in [1.54, 1.807) is 12.1 Å². The second-order valence-electron chi connectivity index (χ2n) is 4.69. The molecule has 0 atom stereocenters. The zero-order chi connectivity index (χ0) is 16.4. The first kappa shape index (κ1) is 18.1. The molecule has 0 saturated carbocycles. The van der Waals surface area contributed by atoms with Crippen LogP contribution in [0.2, 0.25) is 0 Å². The molecule has 1 aromatic carbocycles. The Labute approximate surface area is 132 Å². The van der Waals surface area contributed by atoms with Crippen LogP contribution in [-0.2, 0) is 10.0 Å². The van der Waals surface area contributed by atoms with Crippen molar-refractivity contribution >= 4 is 10.0 Å². The zero-order valence-electron chi connectivity index (χ0n) is 12.4. The van der Waals surface area contributed by atoms with Crippen LogP contribution in [0.5, 0.6) is 5.75 Å². The first-order valence-electron chi connectivity index (χ1n) is 6.82. The lowest BCUT2D eigenvalue weighted by Crippen LogP contribution is -2.25. The number of nitrogens with two attached hydrogens (primary N) is 1. The van der Waals surface area contributed by atoms with Crippen LogP contribution in [0.3, 0.4) is 0 Å². The smallest absolute Gasteiger partial charge is 0.238 e. The normalized spacial score (nSPS) is 10.9. The van der Waals surface area contributed by atoms with Crippen molar-refractivity contribution in [2.45, 2.75) is 17.7 Å². The number of sulfonamides is 1. The molecule has 22 heavy (non-hydrogen) atoms. The molecule has 0 radical (unpaired) electrons. The lowest BCUT2D eigenvalue weighted by Gasteiger charge is -2.16. The second-order valence-corrected chi connectivity index (χ2v) is 6.25. The van der Waals surface area contributed by atoms with Crippen LogP contribution < -0.4 is 9.88 Å². The van der Waals surface area contributed by atoms with E-state index in [9.17, 15) is 8.42 Å². The number of rotatable bonds is 9. The van der Waals surface area contributed by atoms with Crippen molar-refractivity contribution < 1.29 is 13.2 Å². The van der Waals surface area contributed by atoms with Crippen LogP contribution >= 0.6 is 0 Å². The molecule has 0 aliphatic rings. The van der Waals surface area contributed by atoms with Crippen molar-refractivity contribution in [3.8, 4) is 30.4 Å². The number of hydrogen-bond acceptors (Lipinski definition) is 4. The number of nitrogens with zero attached hydrogens (tertiary/aromatic N) is 1. The Morgan fingerprint density at radius 1 is 1.09 bits per heavy atom. The van der Waals surface area contributed by atoms with Crippen molar-refractivity contribution in [3.63, 3.8) is 0 Å². The molecule has 5 nitrogen and oxygen atoms in total. The number of ether oxygens (including phenoxy) is 1. The maximum Gasteiger partial charge on any atom is 0.238 e. The van der Waals surface area contributed by atoms with E-state index in [1.165, 1.54) is 12.1 Å². The van der Waals surface area contributed by atoms with Gasteiger partial charge in [-0.2, -0.15) is 0 Å². The van der Waals surface area contributed by atoms with Crippen LogP contribution in [0.1, 0.15) is 12.8 Å². The summed E-state index contributed by atoms with van der Waals surface area (Å²) < 4.78 is 27.8. The predicted molar refractivity (Wildman–Crippen MR) is 86.7 cm³/mol. The summed E-state index contributed by atoms with van der Waals surface area (Å²) in [7, 11) is -3.66. The fourth-order valence-corrected chi connectivity index (χ4v) is 2.34. The van der Waals surface area contributed by atoms with Gasteiger partial charge in [0.1, 0.15) is 5.75 Å². The van der Waals surface area contributed by atoms with E-state index in [0.29, 0.717) is 25.4 Å². The number of benzene rings is 1. The quantitative estimate of drug-likeness (QED) is 0.545. The Morgan fingerprint density at radius 2 is 1.68 bits per heavy atom. The molecular weight excluding hydrogens is 300 g/mol. The van der Waals surface area contributed by atoms with Gasteiger partial charge in [0.25, 0.3) is 0 Å². The molecule has 0 heterocycles. The van der Waals surface area contributed by atoms with Gasteiger partial charge in [-0.3, -0.25) is 4.90 Å². The molecule has 0 spiro atoms. The molecule has 0 fully saturated rings. The lowest BCUT2D eigenvalue weighted by atomic mass is 10.3. The van der Waals surface area contributed by atoms with Gasteiger partial charge in [0.2, 0.25) is 10.0 Å². The molecule has 0 aromatic heterocycles. The summed E-state index contributed by atoms with van der Waals surface area (Å²) in [5.74, 6) is 5.76. The Morgan fingerprint density at radius 3 is 2.18 bits per heavy atom. The third-order valence-electron chi connectivity index (χ3n) is 2.92. The van der Waals surface area contributed by atoms with E-state index in [1.807, 2.05) is 4.90 Å². The van der Waals surface area contributed by atoms with E-state index < -0.39 is 10.0 Å². The maximum absolute atomic E-state index is 11.1. The Hall–Kier alpha value is -1.99. The lowest BCUT2D eigenvalue weighted by molar-refractivity contribution is 0.281. The van der Waals surface area contributed by atoms with Crippen LogP contribution in [-0.4, -0.2) is 39.6 Å². The Kier molecular flexibility index (Phi) is 7.48. The second kappa shape index (κ2) is 9.11. The molecule has 0 aliphatic carbocycles.